The molecule has 0 aliphatic rings. The third-order valence-corrected chi connectivity index (χ3v) is 4.13. The van der Waals surface area contributed by atoms with Gasteiger partial charge in [-0.25, -0.2) is 4.39 Å². The van der Waals surface area contributed by atoms with Crippen molar-refractivity contribution in [3.05, 3.63) is 62.8 Å². The van der Waals surface area contributed by atoms with Crippen molar-refractivity contribution in [3.8, 4) is 5.75 Å². The Kier molecular flexibility index (Phi) is 5.58. The molecule has 0 bridgehead atoms. The van der Waals surface area contributed by atoms with E-state index in [1.165, 1.54) is 6.07 Å². The van der Waals surface area contributed by atoms with Crippen LogP contribution in [0.2, 0.25) is 5.02 Å². The monoisotopic (exact) mass is 372 g/mol. The van der Waals surface area contributed by atoms with Crippen molar-refractivity contribution in [2.45, 2.75) is 12.5 Å². The molecule has 6 heteroatoms. The lowest BCUT2D eigenvalue weighted by Gasteiger charge is -2.18. The summed E-state index contributed by atoms with van der Waals surface area (Å²) in [6, 6.07) is 10.2. The second-order valence-corrected chi connectivity index (χ2v) is 5.80. The molecule has 0 saturated heterocycles. The number of ether oxygens (including phenoxy) is 1. The van der Waals surface area contributed by atoms with Crippen molar-refractivity contribution >= 4 is 27.5 Å². The van der Waals surface area contributed by atoms with Gasteiger partial charge in [-0.15, -0.1) is 0 Å². The Bertz CT molecular complexity index is 639. The lowest BCUT2D eigenvalue weighted by Crippen LogP contribution is -2.30. The Labute approximate surface area is 136 Å². The highest BCUT2D eigenvalue weighted by molar-refractivity contribution is 9.10. The SMILES string of the molecule is COc1ccc(CC(NN)c2cccc(Cl)c2F)cc1Br. The van der Waals surface area contributed by atoms with Crippen molar-refractivity contribution < 1.29 is 9.13 Å². The maximum Gasteiger partial charge on any atom is 0.146 e. The Hall–Kier alpha value is -1.14. The van der Waals surface area contributed by atoms with Crippen molar-refractivity contribution in [1.82, 2.24) is 5.43 Å². The molecule has 112 valence electrons. The van der Waals surface area contributed by atoms with Gasteiger partial charge in [0.25, 0.3) is 0 Å². The fraction of sp³-hybridized carbons (Fsp3) is 0.200. The van der Waals surface area contributed by atoms with Crippen LogP contribution >= 0.6 is 27.5 Å². The first kappa shape index (κ1) is 16.2. The highest BCUT2D eigenvalue weighted by Crippen LogP contribution is 2.29. The maximum absolute atomic E-state index is 14.1. The van der Waals surface area contributed by atoms with Crippen LogP contribution in [0.15, 0.2) is 40.9 Å². The Balaban J connectivity index is 2.27. The minimum atomic E-state index is -0.449. The first-order chi connectivity index (χ1) is 10.1. The lowest BCUT2D eigenvalue weighted by molar-refractivity contribution is 0.412. The smallest absolute Gasteiger partial charge is 0.146 e. The number of methoxy groups -OCH3 is 1. The minimum Gasteiger partial charge on any atom is -0.496 e. The average Bonchev–Trinajstić information content (AvgIpc) is 2.48. The van der Waals surface area contributed by atoms with Crippen LogP contribution in [0.5, 0.6) is 5.75 Å². The van der Waals surface area contributed by atoms with Gasteiger partial charge in [0.05, 0.1) is 22.6 Å². The van der Waals surface area contributed by atoms with Gasteiger partial charge in [-0.2, -0.15) is 0 Å². The summed E-state index contributed by atoms with van der Waals surface area (Å²) in [6.45, 7) is 0. The molecule has 0 radical (unpaired) electrons. The summed E-state index contributed by atoms with van der Waals surface area (Å²) in [7, 11) is 1.60. The van der Waals surface area contributed by atoms with E-state index in [0.29, 0.717) is 12.0 Å². The number of nitrogens with two attached hydrogens (primary N) is 1. The zero-order valence-corrected chi connectivity index (χ0v) is 13.7. The molecule has 1 atom stereocenters. The summed E-state index contributed by atoms with van der Waals surface area (Å²) < 4.78 is 20.1. The van der Waals surface area contributed by atoms with Crippen molar-refractivity contribution in [1.29, 1.82) is 0 Å². The van der Waals surface area contributed by atoms with Crippen LogP contribution in [0.1, 0.15) is 17.2 Å². The van der Waals surface area contributed by atoms with Gasteiger partial charge < -0.3 is 4.74 Å². The molecule has 0 saturated carbocycles. The quantitative estimate of drug-likeness (QED) is 0.615. The predicted molar refractivity (Wildman–Crippen MR) is 85.9 cm³/mol. The average molecular weight is 374 g/mol. The number of benzene rings is 2. The summed E-state index contributed by atoms with van der Waals surface area (Å²) in [5.41, 5.74) is 4.07. The van der Waals surface area contributed by atoms with Gasteiger partial charge in [-0.05, 0) is 46.1 Å². The second-order valence-electron chi connectivity index (χ2n) is 4.54. The molecule has 0 spiro atoms. The normalized spacial score (nSPS) is 12.2. The number of rotatable bonds is 5. The topological polar surface area (TPSA) is 47.3 Å². The van der Waals surface area contributed by atoms with E-state index in [4.69, 9.17) is 22.2 Å². The number of halogens is 3. The van der Waals surface area contributed by atoms with Crippen LogP contribution in [-0.4, -0.2) is 7.11 Å². The molecule has 0 amide bonds. The highest BCUT2D eigenvalue weighted by atomic mass is 79.9. The molecule has 0 fully saturated rings. The van der Waals surface area contributed by atoms with E-state index in [0.717, 1.165) is 15.8 Å². The van der Waals surface area contributed by atoms with Crippen LogP contribution in [0.4, 0.5) is 4.39 Å². The van der Waals surface area contributed by atoms with E-state index in [1.54, 1.807) is 19.2 Å². The molecule has 0 heterocycles. The molecule has 3 N–H and O–H groups in total. The van der Waals surface area contributed by atoms with E-state index in [2.05, 4.69) is 21.4 Å². The van der Waals surface area contributed by atoms with Crippen molar-refractivity contribution in [3.63, 3.8) is 0 Å². The van der Waals surface area contributed by atoms with Crippen LogP contribution < -0.4 is 16.0 Å². The Morgan fingerprint density at radius 2 is 2.14 bits per heavy atom. The van der Waals surface area contributed by atoms with Gasteiger partial charge >= 0.3 is 0 Å². The third-order valence-electron chi connectivity index (χ3n) is 3.21. The molecule has 2 aromatic carbocycles. The second kappa shape index (κ2) is 7.22. The molecular weight excluding hydrogens is 359 g/mol. The summed E-state index contributed by atoms with van der Waals surface area (Å²) in [5.74, 6) is 5.86. The molecule has 0 aliphatic carbocycles. The first-order valence-corrected chi connectivity index (χ1v) is 7.46. The van der Waals surface area contributed by atoms with E-state index in [9.17, 15) is 4.39 Å². The summed E-state index contributed by atoms with van der Waals surface area (Å²) in [5, 5.41) is 0.0867. The minimum absolute atomic E-state index is 0.0867. The Morgan fingerprint density at radius 3 is 2.76 bits per heavy atom. The maximum atomic E-state index is 14.1. The largest absolute Gasteiger partial charge is 0.496 e. The zero-order chi connectivity index (χ0) is 15.4. The zero-order valence-electron chi connectivity index (χ0n) is 11.4. The van der Waals surface area contributed by atoms with E-state index >= 15 is 0 Å². The van der Waals surface area contributed by atoms with E-state index in [-0.39, 0.29) is 11.1 Å². The third kappa shape index (κ3) is 3.74. The van der Waals surface area contributed by atoms with E-state index in [1.807, 2.05) is 18.2 Å². The van der Waals surface area contributed by atoms with Gasteiger partial charge in [-0.3, -0.25) is 11.3 Å². The molecule has 2 rings (SSSR count). The van der Waals surface area contributed by atoms with Crippen LogP contribution in [0.25, 0.3) is 0 Å². The number of hydrogen-bond acceptors (Lipinski definition) is 3. The summed E-state index contributed by atoms with van der Waals surface area (Å²) in [4.78, 5) is 0. The van der Waals surface area contributed by atoms with Crippen LogP contribution in [-0.2, 0) is 6.42 Å². The molecule has 2 aromatic rings. The molecule has 21 heavy (non-hydrogen) atoms. The van der Waals surface area contributed by atoms with Gasteiger partial charge in [0, 0.05) is 5.56 Å². The highest BCUT2D eigenvalue weighted by Gasteiger charge is 2.17. The van der Waals surface area contributed by atoms with Crippen LogP contribution in [0, 0.1) is 5.82 Å². The predicted octanol–water partition coefficient (Wildman–Crippen LogP) is 4.00. The fourth-order valence-electron chi connectivity index (χ4n) is 2.12. The Morgan fingerprint density at radius 1 is 1.38 bits per heavy atom. The van der Waals surface area contributed by atoms with Crippen molar-refractivity contribution in [2.24, 2.45) is 5.84 Å². The number of hydrogen-bond donors (Lipinski definition) is 2. The van der Waals surface area contributed by atoms with Gasteiger partial charge in [0.1, 0.15) is 11.6 Å². The molecular formula is C15H15BrClFN2O. The van der Waals surface area contributed by atoms with E-state index < -0.39 is 5.82 Å². The first-order valence-electron chi connectivity index (χ1n) is 6.29. The standard InChI is InChI=1S/C15H15BrClFN2O/c1-21-14-6-5-9(7-11(14)16)8-13(20-19)10-3-2-4-12(17)15(10)18/h2-7,13,20H,8,19H2,1H3. The summed E-state index contributed by atoms with van der Waals surface area (Å²) >= 11 is 9.24. The van der Waals surface area contributed by atoms with Gasteiger partial charge in [0.15, 0.2) is 0 Å². The van der Waals surface area contributed by atoms with Gasteiger partial charge in [-0.1, -0.05) is 29.8 Å². The van der Waals surface area contributed by atoms with Crippen molar-refractivity contribution in [2.75, 3.05) is 7.11 Å². The fourth-order valence-corrected chi connectivity index (χ4v) is 2.89. The molecule has 3 nitrogen and oxygen atoms in total. The van der Waals surface area contributed by atoms with Crippen LogP contribution in [0.3, 0.4) is 0 Å². The molecule has 0 aliphatic heterocycles. The molecule has 1 unspecified atom stereocenters. The molecule has 0 aromatic heterocycles. The number of hydrazine groups is 1. The summed E-state index contributed by atoms with van der Waals surface area (Å²) in [6.07, 6.45) is 0.524. The number of nitrogens with one attached hydrogen (secondary N) is 1. The lowest BCUT2D eigenvalue weighted by atomic mass is 9.99. The van der Waals surface area contributed by atoms with Gasteiger partial charge in [0.2, 0.25) is 0 Å².